The van der Waals surface area contributed by atoms with Gasteiger partial charge in [-0.05, 0) is 47.4 Å². The van der Waals surface area contributed by atoms with Gasteiger partial charge in [0.25, 0.3) is 0 Å². The average Bonchev–Trinajstić information content (AvgIpc) is 2.77. The molecule has 3 aromatic carbocycles. The van der Waals surface area contributed by atoms with Gasteiger partial charge in [0.05, 0.1) is 18.6 Å². The molecule has 0 aliphatic carbocycles. The summed E-state index contributed by atoms with van der Waals surface area (Å²) in [5.74, 6) is 1.68. The van der Waals surface area contributed by atoms with Crippen molar-refractivity contribution < 1.29 is 38.0 Å². The van der Waals surface area contributed by atoms with E-state index in [4.69, 9.17) is 27.8 Å². The molecule has 0 aliphatic heterocycles. The fourth-order valence-electron chi connectivity index (χ4n) is 3.26. The van der Waals surface area contributed by atoms with E-state index in [0.29, 0.717) is 0 Å². The van der Waals surface area contributed by atoms with Crippen LogP contribution in [0.2, 0.25) is 0 Å². The van der Waals surface area contributed by atoms with Crippen molar-refractivity contribution in [2.75, 3.05) is 7.11 Å². The van der Waals surface area contributed by atoms with Crippen LogP contribution in [0, 0.1) is 17.2 Å². The first-order valence-corrected chi connectivity index (χ1v) is 10.8. The molecular weight excluding hydrogens is 432 g/mol. The number of methoxy groups -OCH3 is 1. The summed E-state index contributed by atoms with van der Waals surface area (Å²) in [5.41, 5.74) is 5.46. The van der Waals surface area contributed by atoms with Crippen LogP contribution in [0.15, 0.2) is 89.3 Å². The van der Waals surface area contributed by atoms with Gasteiger partial charge >= 0.3 is 11.3 Å². The number of hydrogen-bond donors (Lipinski definition) is 0. The van der Waals surface area contributed by atoms with Crippen molar-refractivity contribution in [1.29, 1.82) is 0 Å². The maximum Gasteiger partial charge on any atom is 0.361 e. The van der Waals surface area contributed by atoms with Crippen molar-refractivity contribution in [3.63, 3.8) is 0 Å². The molecule has 32 heavy (non-hydrogen) atoms. The molecular formula is C25H21ClO6. The Hall–Kier alpha value is -3.26. The second kappa shape index (κ2) is 10.4. The molecule has 0 saturated carbocycles. The molecule has 4 aromatic rings. The van der Waals surface area contributed by atoms with Gasteiger partial charge in [-0.3, -0.25) is 0 Å². The van der Waals surface area contributed by atoms with Gasteiger partial charge in [-0.2, -0.15) is 0 Å². The van der Waals surface area contributed by atoms with Gasteiger partial charge in [-0.15, -0.1) is 10.2 Å². The summed E-state index contributed by atoms with van der Waals surface area (Å²) in [6.45, 7) is 2.12. The Labute approximate surface area is 188 Å². The number of aryl methyl sites for hydroxylation is 1. The summed E-state index contributed by atoms with van der Waals surface area (Å²) in [6.07, 6.45) is 2.11. The molecule has 0 saturated heterocycles. The minimum absolute atomic E-state index is 0.834. The van der Waals surface area contributed by atoms with Gasteiger partial charge in [-0.25, -0.2) is 23.1 Å². The van der Waals surface area contributed by atoms with Crippen LogP contribution in [0.25, 0.3) is 22.6 Å². The van der Waals surface area contributed by atoms with E-state index in [2.05, 4.69) is 61.5 Å². The first kappa shape index (κ1) is 23.4. The Morgan fingerprint density at radius 1 is 0.812 bits per heavy atom. The molecule has 0 amide bonds. The van der Waals surface area contributed by atoms with E-state index >= 15 is 0 Å². The molecule has 1 aromatic heterocycles. The zero-order valence-corrected chi connectivity index (χ0v) is 18.2. The molecule has 0 bridgehead atoms. The SMILES string of the molecule is COc1ccc(C(=Cc2cc(C)c3ccccc3[o+]2)c2ccccc2)cc1.[O-][Cl+3]([O-])([O-])[O-]. The van der Waals surface area contributed by atoms with E-state index in [1.54, 1.807) is 7.11 Å². The number of halogens is 1. The third-order valence-corrected chi connectivity index (χ3v) is 4.67. The monoisotopic (exact) mass is 452 g/mol. The molecule has 6 nitrogen and oxygen atoms in total. The van der Waals surface area contributed by atoms with Crippen LogP contribution in [0.5, 0.6) is 5.75 Å². The van der Waals surface area contributed by atoms with E-state index in [1.807, 2.05) is 36.4 Å². The standard InChI is InChI=1S/C25H21O2.ClHO4/c1-18-16-22(27-25-11-7-6-10-23(18)25)17-24(19-8-4-3-5-9-19)20-12-14-21(26-2)15-13-20;2-1(3,4)5/h3-17H,1-2H3;(H,2,3,4,5)/q+1;/p-1. The number of para-hydroxylation sites is 1. The molecule has 164 valence electrons. The maximum atomic E-state index is 8.49. The lowest BCUT2D eigenvalue weighted by molar-refractivity contribution is -2.00. The molecule has 7 heteroatoms. The molecule has 0 radical (unpaired) electrons. The fraction of sp³-hybridized carbons (Fsp3) is 0.0800. The minimum atomic E-state index is -4.94. The van der Waals surface area contributed by atoms with Crippen LogP contribution in [0.3, 0.4) is 0 Å². The van der Waals surface area contributed by atoms with Crippen molar-refractivity contribution in [2.24, 2.45) is 0 Å². The average molecular weight is 453 g/mol. The zero-order valence-electron chi connectivity index (χ0n) is 17.5. The molecule has 0 aliphatic rings. The van der Waals surface area contributed by atoms with Gasteiger partial charge in [0.1, 0.15) is 5.75 Å². The quantitative estimate of drug-likeness (QED) is 0.437. The lowest BCUT2D eigenvalue weighted by atomic mass is 9.96. The number of fused-ring (bicyclic) bond motifs is 1. The third-order valence-electron chi connectivity index (χ3n) is 4.67. The molecule has 4 rings (SSSR count). The smallest absolute Gasteiger partial charge is 0.361 e. The molecule has 0 N–H and O–H groups in total. The molecule has 0 spiro atoms. The number of hydrogen-bond acceptors (Lipinski definition) is 5. The van der Waals surface area contributed by atoms with Crippen molar-refractivity contribution in [3.8, 4) is 5.75 Å². The Morgan fingerprint density at radius 3 is 2.00 bits per heavy atom. The van der Waals surface area contributed by atoms with E-state index in [0.717, 1.165) is 39.2 Å². The summed E-state index contributed by atoms with van der Waals surface area (Å²) >= 11 is 0. The Morgan fingerprint density at radius 2 is 1.38 bits per heavy atom. The highest BCUT2D eigenvalue weighted by molar-refractivity contribution is 5.91. The van der Waals surface area contributed by atoms with Crippen molar-refractivity contribution in [2.45, 2.75) is 6.92 Å². The molecule has 0 atom stereocenters. The summed E-state index contributed by atoms with van der Waals surface area (Å²) in [5, 5.41) is 1.14. The third kappa shape index (κ3) is 6.62. The lowest BCUT2D eigenvalue weighted by Gasteiger charge is -2.17. The van der Waals surface area contributed by atoms with E-state index in [1.165, 1.54) is 5.56 Å². The minimum Gasteiger partial charge on any atom is -0.497 e. The maximum absolute atomic E-state index is 8.49. The topological polar surface area (TPSA) is 113 Å². The molecule has 0 fully saturated rings. The number of ether oxygens (including phenoxy) is 1. The Balaban J connectivity index is 0.000000523. The lowest BCUT2D eigenvalue weighted by Crippen LogP contribution is -2.68. The van der Waals surface area contributed by atoms with Crippen LogP contribution in [-0.2, 0) is 0 Å². The Bertz CT molecular complexity index is 1190. The van der Waals surface area contributed by atoms with Crippen LogP contribution < -0.4 is 23.4 Å². The summed E-state index contributed by atoms with van der Waals surface area (Å²) < 4.78 is 45.4. The van der Waals surface area contributed by atoms with E-state index in [9.17, 15) is 0 Å². The predicted octanol–water partition coefficient (Wildman–Crippen LogP) is 1.86. The summed E-state index contributed by atoms with van der Waals surface area (Å²) in [7, 11) is -3.26. The van der Waals surface area contributed by atoms with Crippen LogP contribution in [0.4, 0.5) is 0 Å². The second-order valence-electron chi connectivity index (χ2n) is 6.86. The first-order valence-electron chi connectivity index (χ1n) is 9.60. The summed E-state index contributed by atoms with van der Waals surface area (Å²) in [6, 6.07) is 28.7. The van der Waals surface area contributed by atoms with Gasteiger partial charge in [0.2, 0.25) is 0 Å². The van der Waals surface area contributed by atoms with Crippen molar-refractivity contribution in [3.05, 3.63) is 107 Å². The largest absolute Gasteiger partial charge is 0.497 e. The predicted molar refractivity (Wildman–Crippen MR) is 112 cm³/mol. The van der Waals surface area contributed by atoms with Crippen molar-refractivity contribution >= 4 is 22.6 Å². The molecule has 0 unspecified atom stereocenters. The van der Waals surface area contributed by atoms with Gasteiger partial charge in [0, 0.05) is 12.1 Å². The van der Waals surface area contributed by atoms with E-state index in [-0.39, 0.29) is 0 Å². The van der Waals surface area contributed by atoms with Crippen LogP contribution in [-0.4, -0.2) is 7.11 Å². The highest BCUT2D eigenvalue weighted by atomic mass is 35.7. The normalized spacial score (nSPS) is 11.6. The number of rotatable bonds is 4. The van der Waals surface area contributed by atoms with Crippen LogP contribution in [0.1, 0.15) is 22.5 Å². The fourth-order valence-corrected chi connectivity index (χ4v) is 3.26. The highest BCUT2D eigenvalue weighted by Crippen LogP contribution is 2.29. The zero-order chi connectivity index (χ0) is 23.1. The molecule has 1 heterocycles. The number of benzene rings is 3. The van der Waals surface area contributed by atoms with Crippen molar-refractivity contribution in [1.82, 2.24) is 0 Å². The van der Waals surface area contributed by atoms with E-state index < -0.39 is 10.2 Å². The Kier molecular flexibility index (Phi) is 7.58. The highest BCUT2D eigenvalue weighted by Gasteiger charge is 2.15. The summed E-state index contributed by atoms with van der Waals surface area (Å²) in [4.78, 5) is 0. The first-order chi connectivity index (χ1) is 15.2. The van der Waals surface area contributed by atoms with Crippen LogP contribution >= 0.6 is 0 Å². The van der Waals surface area contributed by atoms with Gasteiger partial charge < -0.3 is 4.74 Å². The van der Waals surface area contributed by atoms with Gasteiger partial charge in [0.15, 0.2) is 0 Å². The second-order valence-corrected chi connectivity index (χ2v) is 7.61. The van der Waals surface area contributed by atoms with Gasteiger partial charge in [-0.1, -0.05) is 54.6 Å².